The fraction of sp³-hybridized carbons (Fsp3) is 0.391. The molecule has 0 spiro atoms. The van der Waals surface area contributed by atoms with E-state index in [1.54, 1.807) is 6.07 Å². The second kappa shape index (κ2) is 8.36. The lowest BCUT2D eigenvalue weighted by Gasteiger charge is -2.42. The molecule has 3 rings (SSSR count). The average molecular weight is 404 g/mol. The van der Waals surface area contributed by atoms with Crippen LogP contribution in [0.25, 0.3) is 6.08 Å². The zero-order chi connectivity index (χ0) is 19.6. The van der Waals surface area contributed by atoms with Crippen molar-refractivity contribution in [1.29, 1.82) is 0 Å². The third-order valence-corrected chi connectivity index (χ3v) is 6.05. The van der Waals surface area contributed by atoms with E-state index in [1.165, 1.54) is 0 Å². The third kappa shape index (κ3) is 4.25. The summed E-state index contributed by atoms with van der Waals surface area (Å²) in [5.74, 6) is 0.248. The van der Waals surface area contributed by atoms with E-state index < -0.39 is 5.60 Å². The molecule has 0 saturated heterocycles. The summed E-state index contributed by atoms with van der Waals surface area (Å²) in [6.45, 7) is 2.20. The Morgan fingerprint density at radius 1 is 1.04 bits per heavy atom. The molecule has 0 bridgehead atoms. The smallest absolute Gasteiger partial charge is 0.127 e. The summed E-state index contributed by atoms with van der Waals surface area (Å²) in [6.07, 6.45) is 5.15. The predicted octanol–water partition coefficient (Wildman–Crippen LogP) is 6.01. The normalized spacial score (nSPS) is 27.7. The summed E-state index contributed by atoms with van der Waals surface area (Å²) in [7, 11) is 4.05. The largest absolute Gasteiger partial charge is 0.379 e. The Hall–Kier alpha value is -1.32. The van der Waals surface area contributed by atoms with Crippen molar-refractivity contribution in [1.82, 2.24) is 4.90 Å². The highest BCUT2D eigenvalue weighted by Gasteiger charge is 2.46. The predicted molar refractivity (Wildman–Crippen MR) is 115 cm³/mol. The van der Waals surface area contributed by atoms with Gasteiger partial charge in [-0.3, -0.25) is 0 Å². The van der Waals surface area contributed by atoms with E-state index in [9.17, 15) is 5.11 Å². The van der Waals surface area contributed by atoms with Gasteiger partial charge in [0.25, 0.3) is 0 Å². The maximum absolute atomic E-state index is 12.3. The minimum absolute atomic E-state index is 0.0630. The molecule has 1 fully saturated rings. The SMILES string of the molecule is CC1CCCC(N(C)C)C(O)(c2cc(Cl)cc(Cl)c2)C1=Cc1ccccc1. The summed E-state index contributed by atoms with van der Waals surface area (Å²) < 4.78 is 0. The first kappa shape index (κ1) is 20.4. The molecular formula is C23H27Cl2NO. The van der Waals surface area contributed by atoms with E-state index in [4.69, 9.17) is 23.2 Å². The molecule has 3 atom stereocenters. The van der Waals surface area contributed by atoms with Gasteiger partial charge in [-0.1, -0.05) is 73.0 Å². The Balaban J connectivity index is 2.26. The highest BCUT2D eigenvalue weighted by atomic mass is 35.5. The van der Waals surface area contributed by atoms with Gasteiger partial charge in [0.2, 0.25) is 0 Å². The lowest BCUT2D eigenvalue weighted by Crippen LogP contribution is -2.49. The summed E-state index contributed by atoms with van der Waals surface area (Å²) in [5.41, 5.74) is 1.70. The van der Waals surface area contributed by atoms with Gasteiger partial charge >= 0.3 is 0 Å². The van der Waals surface area contributed by atoms with E-state index >= 15 is 0 Å². The van der Waals surface area contributed by atoms with Crippen molar-refractivity contribution in [2.45, 2.75) is 37.8 Å². The Labute approximate surface area is 172 Å². The molecule has 2 nitrogen and oxygen atoms in total. The fourth-order valence-electron chi connectivity index (χ4n) is 4.30. The van der Waals surface area contributed by atoms with Crippen LogP contribution < -0.4 is 0 Å². The number of hydrogen-bond acceptors (Lipinski definition) is 2. The van der Waals surface area contributed by atoms with Gasteiger partial charge in [0, 0.05) is 16.1 Å². The van der Waals surface area contributed by atoms with Crippen molar-refractivity contribution >= 4 is 29.3 Å². The van der Waals surface area contributed by atoms with Crippen LogP contribution in [0.1, 0.15) is 37.3 Å². The van der Waals surface area contributed by atoms with Crippen LogP contribution in [0.15, 0.2) is 54.1 Å². The Morgan fingerprint density at radius 2 is 1.67 bits per heavy atom. The molecule has 1 aliphatic rings. The fourth-order valence-corrected chi connectivity index (χ4v) is 4.82. The molecule has 4 heteroatoms. The molecular weight excluding hydrogens is 377 g/mol. The highest BCUT2D eigenvalue weighted by molar-refractivity contribution is 6.34. The first-order valence-electron chi connectivity index (χ1n) is 9.45. The third-order valence-electron chi connectivity index (χ3n) is 5.62. The Morgan fingerprint density at radius 3 is 2.26 bits per heavy atom. The Bertz CT molecular complexity index is 798. The van der Waals surface area contributed by atoms with E-state index in [0.717, 1.165) is 36.0 Å². The summed E-state index contributed by atoms with van der Waals surface area (Å²) >= 11 is 12.6. The molecule has 0 heterocycles. The molecule has 2 aromatic rings. The summed E-state index contributed by atoms with van der Waals surface area (Å²) in [4.78, 5) is 2.12. The van der Waals surface area contributed by atoms with Crippen LogP contribution in [0.2, 0.25) is 10.0 Å². The van der Waals surface area contributed by atoms with E-state index in [-0.39, 0.29) is 12.0 Å². The molecule has 0 aliphatic heterocycles. The minimum atomic E-state index is -1.16. The first-order valence-corrected chi connectivity index (χ1v) is 10.2. The Kier molecular flexibility index (Phi) is 6.32. The maximum atomic E-state index is 12.3. The standard InChI is InChI=1S/C23H27Cl2NO/c1-16-8-7-11-22(26(2)3)23(27,18-13-19(24)15-20(25)14-18)21(16)12-17-9-5-4-6-10-17/h4-6,9-10,12-16,22,27H,7-8,11H2,1-3H3. The van der Waals surface area contributed by atoms with Crippen LogP contribution in [-0.2, 0) is 5.60 Å². The van der Waals surface area contributed by atoms with Crippen molar-refractivity contribution in [3.8, 4) is 0 Å². The quantitative estimate of drug-likeness (QED) is 0.633. The number of aliphatic hydroxyl groups is 1. The molecule has 0 amide bonds. The topological polar surface area (TPSA) is 23.5 Å². The molecule has 2 aromatic carbocycles. The summed E-state index contributed by atoms with van der Waals surface area (Å²) in [5, 5.41) is 13.3. The number of hydrogen-bond donors (Lipinski definition) is 1. The zero-order valence-electron chi connectivity index (χ0n) is 16.1. The minimum Gasteiger partial charge on any atom is -0.379 e. The van der Waals surface area contributed by atoms with Crippen LogP contribution in [0.4, 0.5) is 0 Å². The van der Waals surface area contributed by atoms with Gasteiger partial charge in [-0.2, -0.15) is 0 Å². The van der Waals surface area contributed by atoms with Gasteiger partial charge in [0.15, 0.2) is 0 Å². The maximum Gasteiger partial charge on any atom is 0.127 e. The van der Waals surface area contributed by atoms with Crippen LogP contribution in [0.3, 0.4) is 0 Å². The number of benzene rings is 2. The lowest BCUT2D eigenvalue weighted by molar-refractivity contribution is -0.0104. The molecule has 0 aromatic heterocycles. The lowest BCUT2D eigenvalue weighted by atomic mass is 9.75. The van der Waals surface area contributed by atoms with E-state index in [0.29, 0.717) is 10.0 Å². The monoisotopic (exact) mass is 403 g/mol. The van der Waals surface area contributed by atoms with Crippen LogP contribution >= 0.6 is 23.2 Å². The highest BCUT2D eigenvalue weighted by Crippen LogP contribution is 2.46. The van der Waals surface area contributed by atoms with Gasteiger partial charge in [-0.25, -0.2) is 0 Å². The number of halogens is 2. The van der Waals surface area contributed by atoms with Crippen molar-refractivity contribution in [3.05, 3.63) is 75.3 Å². The second-order valence-electron chi connectivity index (χ2n) is 7.75. The second-order valence-corrected chi connectivity index (χ2v) is 8.62. The van der Waals surface area contributed by atoms with Crippen LogP contribution in [0, 0.1) is 5.92 Å². The summed E-state index contributed by atoms with van der Waals surface area (Å²) in [6, 6.07) is 15.5. The van der Waals surface area contributed by atoms with Gasteiger partial charge in [0.05, 0.1) is 0 Å². The molecule has 1 N–H and O–H groups in total. The molecule has 27 heavy (non-hydrogen) atoms. The molecule has 3 unspecified atom stereocenters. The average Bonchev–Trinajstić information content (AvgIpc) is 2.74. The van der Waals surface area contributed by atoms with Gasteiger partial charge in [-0.15, -0.1) is 0 Å². The zero-order valence-corrected chi connectivity index (χ0v) is 17.6. The van der Waals surface area contributed by atoms with Crippen molar-refractivity contribution in [2.75, 3.05) is 14.1 Å². The molecule has 144 valence electrons. The molecule has 1 aliphatic carbocycles. The van der Waals surface area contributed by atoms with Crippen LogP contribution in [0.5, 0.6) is 0 Å². The van der Waals surface area contributed by atoms with Crippen LogP contribution in [-0.4, -0.2) is 30.1 Å². The van der Waals surface area contributed by atoms with Gasteiger partial charge in [-0.05, 0) is 67.8 Å². The molecule has 0 radical (unpaired) electrons. The van der Waals surface area contributed by atoms with Crippen molar-refractivity contribution in [3.63, 3.8) is 0 Å². The van der Waals surface area contributed by atoms with Gasteiger partial charge in [0.1, 0.15) is 5.60 Å². The van der Waals surface area contributed by atoms with Crippen molar-refractivity contribution < 1.29 is 5.11 Å². The van der Waals surface area contributed by atoms with Crippen molar-refractivity contribution in [2.24, 2.45) is 5.92 Å². The van der Waals surface area contributed by atoms with E-state index in [2.05, 4.69) is 30.0 Å². The number of likely N-dealkylation sites (N-methyl/N-ethyl adjacent to an activating group) is 1. The molecule has 1 saturated carbocycles. The first-order chi connectivity index (χ1) is 12.8. The van der Waals surface area contributed by atoms with E-state index in [1.807, 2.05) is 44.4 Å². The van der Waals surface area contributed by atoms with Gasteiger partial charge < -0.3 is 10.0 Å². The number of nitrogens with zero attached hydrogens (tertiary/aromatic N) is 1. The number of rotatable bonds is 3.